The van der Waals surface area contributed by atoms with Gasteiger partial charge < -0.3 is 32.5 Å². The standard InChI is InChI=1S/C29H35F3N6O4/c30-29(31,32)21-6-4-19(5-7-21)27(41)26(24(39)17-18-3-9-23-20(16-18)2-1-13-36-23)37-28(42)22(35)8-10-25(40)38(14-11-33)15-12-34/h1-7,9,13,16,22,26-27,41H,8,10-12,14-15,17,33-35H2,(H,37,42)/t22-,26+,27+/m0/s1. The lowest BCUT2D eigenvalue weighted by atomic mass is 9.93. The van der Waals surface area contributed by atoms with Gasteiger partial charge in [0.1, 0.15) is 12.1 Å². The van der Waals surface area contributed by atoms with E-state index in [1.807, 2.05) is 6.07 Å². The molecule has 0 aliphatic heterocycles. The predicted molar refractivity (Wildman–Crippen MR) is 151 cm³/mol. The molecule has 8 N–H and O–H groups in total. The second-order valence-electron chi connectivity index (χ2n) is 9.83. The summed E-state index contributed by atoms with van der Waals surface area (Å²) in [5, 5.41) is 14.3. The van der Waals surface area contributed by atoms with Crippen LogP contribution in [0.1, 0.15) is 35.6 Å². The van der Waals surface area contributed by atoms with E-state index in [0.717, 1.165) is 29.7 Å². The molecule has 0 spiro atoms. The topological polar surface area (TPSA) is 178 Å². The highest BCUT2D eigenvalue weighted by atomic mass is 19.4. The van der Waals surface area contributed by atoms with Crippen LogP contribution in [0.25, 0.3) is 10.9 Å². The van der Waals surface area contributed by atoms with E-state index in [2.05, 4.69) is 10.3 Å². The first-order valence-corrected chi connectivity index (χ1v) is 13.4. The summed E-state index contributed by atoms with van der Waals surface area (Å²) in [7, 11) is 0. The molecule has 2 amide bonds. The molecular formula is C29H35F3N6O4. The van der Waals surface area contributed by atoms with E-state index >= 15 is 0 Å². The van der Waals surface area contributed by atoms with Gasteiger partial charge in [0.05, 0.1) is 17.1 Å². The average Bonchev–Trinajstić information content (AvgIpc) is 2.97. The van der Waals surface area contributed by atoms with Crippen molar-refractivity contribution >= 4 is 28.5 Å². The number of nitrogens with zero attached hydrogens (tertiary/aromatic N) is 2. The van der Waals surface area contributed by atoms with Gasteiger partial charge in [-0.2, -0.15) is 13.2 Å². The highest BCUT2D eigenvalue weighted by Gasteiger charge is 2.33. The zero-order valence-electron chi connectivity index (χ0n) is 22.9. The number of amides is 2. The molecule has 2 aromatic carbocycles. The van der Waals surface area contributed by atoms with Gasteiger partial charge >= 0.3 is 6.18 Å². The minimum absolute atomic E-state index is 0.00711. The van der Waals surface area contributed by atoms with Crippen molar-refractivity contribution in [3.8, 4) is 0 Å². The van der Waals surface area contributed by atoms with Crippen LogP contribution in [0, 0.1) is 0 Å². The van der Waals surface area contributed by atoms with Gasteiger partial charge in [0.25, 0.3) is 0 Å². The number of fused-ring (bicyclic) bond motifs is 1. The Morgan fingerprint density at radius 2 is 1.67 bits per heavy atom. The summed E-state index contributed by atoms with van der Waals surface area (Å²) in [5.74, 6) is -1.70. The number of alkyl halides is 3. The molecule has 13 heteroatoms. The summed E-state index contributed by atoms with van der Waals surface area (Å²) in [5.41, 5.74) is 17.4. The van der Waals surface area contributed by atoms with Crippen molar-refractivity contribution in [1.82, 2.24) is 15.2 Å². The number of ketones is 1. The molecule has 3 rings (SSSR count). The number of rotatable bonds is 14. The molecule has 1 heterocycles. The monoisotopic (exact) mass is 588 g/mol. The summed E-state index contributed by atoms with van der Waals surface area (Å²) in [6.07, 6.45) is -4.99. The van der Waals surface area contributed by atoms with Crippen molar-refractivity contribution < 1.29 is 32.7 Å². The molecule has 42 heavy (non-hydrogen) atoms. The van der Waals surface area contributed by atoms with Gasteiger partial charge in [0.15, 0.2) is 5.78 Å². The molecule has 0 aliphatic rings. The molecule has 0 fully saturated rings. The maximum atomic E-state index is 13.5. The first kappa shape index (κ1) is 32.6. The molecule has 10 nitrogen and oxygen atoms in total. The third-order valence-electron chi connectivity index (χ3n) is 6.74. The SMILES string of the molecule is NCCN(CCN)C(=O)CC[C@H](N)C(=O)N[C@H](C(=O)Cc1ccc2ncccc2c1)[C@H](O)c1ccc(C(F)(F)F)cc1. The van der Waals surface area contributed by atoms with Crippen LogP contribution in [-0.4, -0.2) is 70.9 Å². The Labute approximate surface area is 241 Å². The number of aliphatic hydroxyl groups excluding tert-OH is 1. The van der Waals surface area contributed by atoms with E-state index in [0.29, 0.717) is 11.1 Å². The zero-order valence-corrected chi connectivity index (χ0v) is 22.9. The largest absolute Gasteiger partial charge is 0.416 e. The van der Waals surface area contributed by atoms with Gasteiger partial charge in [-0.15, -0.1) is 0 Å². The van der Waals surface area contributed by atoms with E-state index in [1.54, 1.807) is 30.5 Å². The normalized spacial score (nSPS) is 13.8. The van der Waals surface area contributed by atoms with Gasteiger partial charge in [0, 0.05) is 50.6 Å². The van der Waals surface area contributed by atoms with Crippen molar-refractivity contribution in [2.24, 2.45) is 17.2 Å². The number of pyridine rings is 1. The second-order valence-corrected chi connectivity index (χ2v) is 9.83. The minimum Gasteiger partial charge on any atom is -0.386 e. The molecule has 0 bridgehead atoms. The first-order chi connectivity index (χ1) is 19.9. The van der Waals surface area contributed by atoms with Gasteiger partial charge in [-0.1, -0.05) is 24.3 Å². The highest BCUT2D eigenvalue weighted by Crippen LogP contribution is 2.30. The number of halogens is 3. The van der Waals surface area contributed by atoms with Crippen molar-refractivity contribution in [3.63, 3.8) is 0 Å². The summed E-state index contributed by atoms with van der Waals surface area (Å²) < 4.78 is 39.2. The number of nitrogens with two attached hydrogens (primary N) is 3. The van der Waals surface area contributed by atoms with E-state index in [1.165, 1.54) is 4.90 Å². The fourth-order valence-corrected chi connectivity index (χ4v) is 4.44. The summed E-state index contributed by atoms with van der Waals surface area (Å²) in [4.78, 5) is 44.7. The number of aromatic nitrogens is 1. The van der Waals surface area contributed by atoms with Crippen molar-refractivity contribution in [2.45, 2.75) is 43.6 Å². The zero-order chi connectivity index (χ0) is 30.9. The Balaban J connectivity index is 1.79. The molecule has 3 atom stereocenters. The number of benzene rings is 2. The molecule has 0 saturated heterocycles. The van der Waals surface area contributed by atoms with E-state index in [-0.39, 0.29) is 56.9 Å². The summed E-state index contributed by atoms with van der Waals surface area (Å²) in [6.45, 7) is 1.05. The van der Waals surface area contributed by atoms with Gasteiger partial charge in [0.2, 0.25) is 11.8 Å². The molecule has 0 aliphatic carbocycles. The average molecular weight is 589 g/mol. The number of carbonyl (C=O) groups is 3. The predicted octanol–water partition coefficient (Wildman–Crippen LogP) is 1.44. The number of Topliss-reactive ketones (excluding diaryl/α,β-unsaturated/α-hetero) is 1. The molecular weight excluding hydrogens is 553 g/mol. The quantitative estimate of drug-likeness (QED) is 0.188. The van der Waals surface area contributed by atoms with Crippen LogP contribution >= 0.6 is 0 Å². The number of hydrogen-bond donors (Lipinski definition) is 5. The first-order valence-electron chi connectivity index (χ1n) is 13.4. The number of carbonyl (C=O) groups excluding carboxylic acids is 3. The van der Waals surface area contributed by atoms with Crippen LogP contribution < -0.4 is 22.5 Å². The highest BCUT2D eigenvalue weighted by molar-refractivity contribution is 5.93. The number of aliphatic hydroxyl groups is 1. The van der Waals surface area contributed by atoms with Crippen LogP contribution in [-0.2, 0) is 27.0 Å². The molecule has 0 radical (unpaired) electrons. The minimum atomic E-state index is -4.59. The Morgan fingerprint density at radius 1 is 1.00 bits per heavy atom. The smallest absolute Gasteiger partial charge is 0.386 e. The third kappa shape index (κ3) is 8.79. The lowest BCUT2D eigenvalue weighted by Crippen LogP contribution is -2.51. The van der Waals surface area contributed by atoms with Crippen LogP contribution in [0.5, 0.6) is 0 Å². The number of hydrogen-bond acceptors (Lipinski definition) is 8. The summed E-state index contributed by atoms with van der Waals surface area (Å²) in [6, 6.07) is 9.61. The van der Waals surface area contributed by atoms with Crippen LogP contribution in [0.3, 0.4) is 0 Å². The maximum Gasteiger partial charge on any atom is 0.416 e. The lowest BCUT2D eigenvalue weighted by Gasteiger charge is -2.26. The summed E-state index contributed by atoms with van der Waals surface area (Å²) >= 11 is 0. The van der Waals surface area contributed by atoms with E-state index in [9.17, 15) is 32.7 Å². The van der Waals surface area contributed by atoms with Gasteiger partial charge in [-0.25, -0.2) is 0 Å². The lowest BCUT2D eigenvalue weighted by molar-refractivity contribution is -0.137. The van der Waals surface area contributed by atoms with Crippen LogP contribution in [0.4, 0.5) is 13.2 Å². The second kappa shape index (κ2) is 14.8. The fraction of sp³-hybridized carbons (Fsp3) is 0.379. The van der Waals surface area contributed by atoms with Crippen molar-refractivity contribution in [1.29, 1.82) is 0 Å². The van der Waals surface area contributed by atoms with E-state index < -0.39 is 41.6 Å². The van der Waals surface area contributed by atoms with Gasteiger partial charge in [-0.05, 0) is 47.9 Å². The molecule has 226 valence electrons. The Hall–Kier alpha value is -3.91. The Bertz CT molecular complexity index is 1360. The van der Waals surface area contributed by atoms with E-state index in [4.69, 9.17) is 17.2 Å². The molecule has 0 unspecified atom stereocenters. The van der Waals surface area contributed by atoms with Crippen LogP contribution in [0.15, 0.2) is 60.8 Å². The fourth-order valence-electron chi connectivity index (χ4n) is 4.44. The molecule has 3 aromatic rings. The Morgan fingerprint density at radius 3 is 2.29 bits per heavy atom. The Kier molecular flexibility index (Phi) is 11.5. The molecule has 0 saturated carbocycles. The number of nitrogens with one attached hydrogen (secondary N) is 1. The maximum absolute atomic E-state index is 13.5. The van der Waals surface area contributed by atoms with Crippen molar-refractivity contribution in [2.75, 3.05) is 26.2 Å². The van der Waals surface area contributed by atoms with Gasteiger partial charge in [-0.3, -0.25) is 19.4 Å². The van der Waals surface area contributed by atoms with Crippen molar-refractivity contribution in [3.05, 3.63) is 77.5 Å². The van der Waals surface area contributed by atoms with Crippen LogP contribution in [0.2, 0.25) is 0 Å². The molecule has 1 aromatic heterocycles. The third-order valence-corrected chi connectivity index (χ3v) is 6.74.